The number of rotatable bonds is 7. The largest absolute Gasteiger partial charge is 0.310 e. The second kappa shape index (κ2) is 7.64. The zero-order valence-corrected chi connectivity index (χ0v) is 11.4. The van der Waals surface area contributed by atoms with Crippen molar-refractivity contribution in [1.29, 1.82) is 0 Å². The predicted octanol–water partition coefficient (Wildman–Crippen LogP) is 3.15. The first-order valence-corrected chi connectivity index (χ1v) is 6.92. The summed E-state index contributed by atoms with van der Waals surface area (Å²) in [7, 11) is 0. The molecular formula is C16H21N3. The van der Waals surface area contributed by atoms with E-state index < -0.39 is 0 Å². The summed E-state index contributed by atoms with van der Waals surface area (Å²) >= 11 is 0. The Morgan fingerprint density at radius 1 is 1.11 bits per heavy atom. The van der Waals surface area contributed by atoms with Gasteiger partial charge in [-0.2, -0.15) is 0 Å². The Morgan fingerprint density at radius 2 is 1.84 bits per heavy atom. The highest BCUT2D eigenvalue weighted by Crippen LogP contribution is 2.18. The zero-order chi connectivity index (χ0) is 13.3. The Hall–Kier alpha value is -1.74. The Labute approximate surface area is 115 Å². The molecule has 0 radical (unpaired) electrons. The maximum absolute atomic E-state index is 4.07. The van der Waals surface area contributed by atoms with Gasteiger partial charge in [-0.1, -0.05) is 37.3 Å². The average Bonchev–Trinajstić information content (AvgIpc) is 2.49. The van der Waals surface area contributed by atoms with E-state index >= 15 is 0 Å². The molecule has 1 N–H and O–H groups in total. The second-order valence-electron chi connectivity index (χ2n) is 4.70. The van der Waals surface area contributed by atoms with Crippen molar-refractivity contribution in [2.45, 2.75) is 32.2 Å². The minimum atomic E-state index is 0.404. The lowest BCUT2D eigenvalue weighted by Crippen LogP contribution is -2.22. The summed E-state index contributed by atoms with van der Waals surface area (Å²) in [4.78, 5) is 8.13. The first-order chi connectivity index (χ1) is 9.40. The lowest BCUT2D eigenvalue weighted by molar-refractivity contribution is 0.499. The summed E-state index contributed by atoms with van der Waals surface area (Å²) < 4.78 is 0. The molecule has 1 unspecified atom stereocenters. The number of nitrogens with zero attached hydrogens (tertiary/aromatic N) is 2. The zero-order valence-electron chi connectivity index (χ0n) is 11.4. The standard InChI is InChI=1S/C16H21N3/c1-2-10-19-16(15-6-4-3-5-7-15)9-8-14-11-17-13-18-12-14/h3-7,11-13,16,19H,2,8-10H2,1H3. The van der Waals surface area contributed by atoms with E-state index in [4.69, 9.17) is 0 Å². The van der Waals surface area contributed by atoms with Crippen molar-refractivity contribution in [3.8, 4) is 0 Å². The number of benzene rings is 1. The summed E-state index contributed by atoms with van der Waals surface area (Å²) in [5.74, 6) is 0. The van der Waals surface area contributed by atoms with Gasteiger partial charge in [0.1, 0.15) is 6.33 Å². The third kappa shape index (κ3) is 4.45. The lowest BCUT2D eigenvalue weighted by Gasteiger charge is -2.18. The molecule has 0 aliphatic heterocycles. The van der Waals surface area contributed by atoms with Gasteiger partial charge in [-0.3, -0.25) is 0 Å². The van der Waals surface area contributed by atoms with E-state index in [0.29, 0.717) is 6.04 Å². The van der Waals surface area contributed by atoms with Crippen LogP contribution in [0.25, 0.3) is 0 Å². The number of nitrogens with one attached hydrogen (secondary N) is 1. The van der Waals surface area contributed by atoms with Gasteiger partial charge in [0.2, 0.25) is 0 Å². The van der Waals surface area contributed by atoms with E-state index in [2.05, 4.69) is 52.5 Å². The number of aryl methyl sites for hydroxylation is 1. The average molecular weight is 255 g/mol. The van der Waals surface area contributed by atoms with Crippen LogP contribution in [0.1, 0.15) is 36.9 Å². The fraction of sp³-hybridized carbons (Fsp3) is 0.375. The fourth-order valence-corrected chi connectivity index (χ4v) is 2.16. The predicted molar refractivity (Wildman–Crippen MR) is 77.8 cm³/mol. The van der Waals surface area contributed by atoms with Gasteiger partial charge in [-0.15, -0.1) is 0 Å². The van der Waals surface area contributed by atoms with Crippen LogP contribution in [0.15, 0.2) is 49.1 Å². The summed E-state index contributed by atoms with van der Waals surface area (Å²) in [6.45, 7) is 3.24. The molecule has 0 fully saturated rings. The molecule has 0 saturated carbocycles. The Bertz CT molecular complexity index is 456. The van der Waals surface area contributed by atoms with E-state index in [9.17, 15) is 0 Å². The third-order valence-electron chi connectivity index (χ3n) is 3.18. The molecule has 2 aromatic rings. The molecule has 0 saturated heterocycles. The number of hydrogen-bond donors (Lipinski definition) is 1. The summed E-state index contributed by atoms with van der Waals surface area (Å²) in [6.07, 6.45) is 8.59. The van der Waals surface area contributed by atoms with E-state index in [1.165, 1.54) is 11.1 Å². The first kappa shape index (κ1) is 13.7. The highest BCUT2D eigenvalue weighted by molar-refractivity contribution is 5.19. The van der Waals surface area contributed by atoms with Crippen LogP contribution < -0.4 is 5.32 Å². The van der Waals surface area contributed by atoms with Gasteiger partial charge in [-0.25, -0.2) is 9.97 Å². The molecule has 2 rings (SSSR count). The van der Waals surface area contributed by atoms with Crippen LogP contribution in [-0.4, -0.2) is 16.5 Å². The molecule has 0 spiro atoms. The van der Waals surface area contributed by atoms with Crippen LogP contribution in [0.5, 0.6) is 0 Å². The molecule has 0 bridgehead atoms. The lowest BCUT2D eigenvalue weighted by atomic mass is 10.00. The molecule has 19 heavy (non-hydrogen) atoms. The Kier molecular flexibility index (Phi) is 5.50. The Morgan fingerprint density at radius 3 is 2.53 bits per heavy atom. The van der Waals surface area contributed by atoms with Crippen molar-refractivity contribution in [2.75, 3.05) is 6.54 Å². The van der Waals surface area contributed by atoms with Gasteiger partial charge in [0.25, 0.3) is 0 Å². The van der Waals surface area contributed by atoms with Crippen molar-refractivity contribution < 1.29 is 0 Å². The first-order valence-electron chi connectivity index (χ1n) is 6.92. The summed E-state index contributed by atoms with van der Waals surface area (Å²) in [5.41, 5.74) is 2.55. The third-order valence-corrected chi connectivity index (χ3v) is 3.18. The van der Waals surface area contributed by atoms with E-state index in [0.717, 1.165) is 25.8 Å². The highest BCUT2D eigenvalue weighted by atomic mass is 14.9. The molecule has 1 aromatic heterocycles. The molecular weight excluding hydrogens is 234 g/mol. The Balaban J connectivity index is 1.98. The summed E-state index contributed by atoms with van der Waals surface area (Å²) in [6, 6.07) is 11.0. The van der Waals surface area contributed by atoms with Crippen molar-refractivity contribution >= 4 is 0 Å². The normalized spacial score (nSPS) is 12.3. The van der Waals surface area contributed by atoms with E-state index in [1.807, 2.05) is 12.4 Å². The van der Waals surface area contributed by atoms with Gasteiger partial charge in [0.15, 0.2) is 0 Å². The SMILES string of the molecule is CCCNC(CCc1cncnc1)c1ccccc1. The molecule has 0 aliphatic carbocycles. The van der Waals surface area contributed by atoms with Gasteiger partial charge >= 0.3 is 0 Å². The van der Waals surface area contributed by atoms with Gasteiger partial charge in [0.05, 0.1) is 0 Å². The van der Waals surface area contributed by atoms with E-state index in [-0.39, 0.29) is 0 Å². The summed E-state index contributed by atoms with van der Waals surface area (Å²) in [5, 5.41) is 3.62. The number of hydrogen-bond acceptors (Lipinski definition) is 3. The topological polar surface area (TPSA) is 37.8 Å². The van der Waals surface area contributed by atoms with Gasteiger partial charge < -0.3 is 5.32 Å². The van der Waals surface area contributed by atoms with Crippen LogP contribution in [0.4, 0.5) is 0 Å². The maximum Gasteiger partial charge on any atom is 0.115 e. The highest BCUT2D eigenvalue weighted by Gasteiger charge is 2.10. The number of aromatic nitrogens is 2. The van der Waals surface area contributed by atoms with Crippen LogP contribution in [0.2, 0.25) is 0 Å². The molecule has 1 heterocycles. The second-order valence-corrected chi connectivity index (χ2v) is 4.70. The minimum absolute atomic E-state index is 0.404. The maximum atomic E-state index is 4.07. The fourth-order valence-electron chi connectivity index (χ4n) is 2.16. The minimum Gasteiger partial charge on any atom is -0.310 e. The van der Waals surface area contributed by atoms with E-state index in [1.54, 1.807) is 6.33 Å². The van der Waals surface area contributed by atoms with Crippen molar-refractivity contribution in [1.82, 2.24) is 15.3 Å². The molecule has 0 aliphatic rings. The molecule has 100 valence electrons. The monoisotopic (exact) mass is 255 g/mol. The molecule has 3 nitrogen and oxygen atoms in total. The van der Waals surface area contributed by atoms with Crippen LogP contribution in [-0.2, 0) is 6.42 Å². The molecule has 1 atom stereocenters. The van der Waals surface area contributed by atoms with Crippen molar-refractivity contribution in [3.05, 3.63) is 60.2 Å². The van der Waals surface area contributed by atoms with Crippen molar-refractivity contribution in [2.24, 2.45) is 0 Å². The molecule has 0 amide bonds. The van der Waals surface area contributed by atoms with Crippen LogP contribution >= 0.6 is 0 Å². The van der Waals surface area contributed by atoms with Gasteiger partial charge in [-0.05, 0) is 36.9 Å². The molecule has 1 aromatic carbocycles. The van der Waals surface area contributed by atoms with Gasteiger partial charge in [0, 0.05) is 18.4 Å². The van der Waals surface area contributed by atoms with Crippen molar-refractivity contribution in [3.63, 3.8) is 0 Å². The van der Waals surface area contributed by atoms with Crippen LogP contribution in [0, 0.1) is 0 Å². The smallest absolute Gasteiger partial charge is 0.115 e. The quantitative estimate of drug-likeness (QED) is 0.826. The van der Waals surface area contributed by atoms with Crippen LogP contribution in [0.3, 0.4) is 0 Å². The molecule has 3 heteroatoms.